The smallest absolute Gasteiger partial charge is 0.108 e. The minimum Gasteiger partial charge on any atom is -0.361 e. The van der Waals surface area contributed by atoms with Gasteiger partial charge in [0.25, 0.3) is 0 Å². The minimum atomic E-state index is 0.270. The highest BCUT2D eigenvalue weighted by Gasteiger charge is 2.41. The van der Waals surface area contributed by atoms with Crippen LogP contribution in [0.3, 0.4) is 0 Å². The molecule has 15 heavy (non-hydrogen) atoms. The summed E-state index contributed by atoms with van der Waals surface area (Å²) in [5.41, 5.74) is 5.98. The van der Waals surface area contributed by atoms with Gasteiger partial charge in [-0.25, -0.2) is 0 Å². The van der Waals surface area contributed by atoms with Crippen LogP contribution in [-0.4, -0.2) is 36.4 Å². The summed E-state index contributed by atoms with van der Waals surface area (Å²) in [5, 5.41) is 0. The Morgan fingerprint density at radius 2 is 1.67 bits per heavy atom. The van der Waals surface area contributed by atoms with Crippen molar-refractivity contribution in [3.8, 4) is 0 Å². The van der Waals surface area contributed by atoms with Crippen LogP contribution < -0.4 is 5.73 Å². The molecule has 0 aromatic carbocycles. The van der Waals surface area contributed by atoms with E-state index in [9.17, 15) is 0 Å². The molecule has 1 heterocycles. The fourth-order valence-electron chi connectivity index (χ4n) is 3.16. The molecule has 0 radical (unpaired) electrons. The molecule has 3 nitrogen and oxygen atoms in total. The second-order valence-electron chi connectivity index (χ2n) is 5.49. The Balaban J connectivity index is 1.83. The maximum Gasteiger partial charge on any atom is 0.108 e. The quantitative estimate of drug-likeness (QED) is 0.769. The molecule has 3 heteroatoms. The van der Waals surface area contributed by atoms with E-state index in [0.717, 1.165) is 11.8 Å². The van der Waals surface area contributed by atoms with E-state index in [1.807, 2.05) is 0 Å². The summed E-state index contributed by atoms with van der Waals surface area (Å²) >= 11 is 0. The molecule has 88 valence electrons. The monoisotopic (exact) mass is 212 g/mol. The Hall–Kier alpha value is -0.120. The molecule has 0 amide bonds. The molecule has 4 atom stereocenters. The van der Waals surface area contributed by atoms with E-state index in [1.54, 1.807) is 0 Å². The molecule has 1 unspecified atom stereocenters. The number of nitrogens with zero attached hydrogens (tertiary/aromatic N) is 1. The lowest BCUT2D eigenvalue weighted by Gasteiger charge is -2.27. The lowest BCUT2D eigenvalue weighted by atomic mass is 10.0. The second kappa shape index (κ2) is 4.40. The molecule has 2 fully saturated rings. The van der Waals surface area contributed by atoms with Crippen LogP contribution in [0.15, 0.2) is 0 Å². The van der Waals surface area contributed by atoms with Gasteiger partial charge in [-0.2, -0.15) is 0 Å². The topological polar surface area (TPSA) is 38.5 Å². The van der Waals surface area contributed by atoms with E-state index in [4.69, 9.17) is 10.5 Å². The maximum absolute atomic E-state index is 5.98. The Labute approximate surface area is 93.0 Å². The highest BCUT2D eigenvalue weighted by Crippen LogP contribution is 2.38. The van der Waals surface area contributed by atoms with Crippen molar-refractivity contribution < 1.29 is 4.74 Å². The van der Waals surface area contributed by atoms with Gasteiger partial charge in [-0.15, -0.1) is 0 Å². The first kappa shape index (κ1) is 11.4. The summed E-state index contributed by atoms with van der Waals surface area (Å²) in [6.45, 7) is 8.74. The Morgan fingerprint density at radius 3 is 2.13 bits per heavy atom. The predicted molar refractivity (Wildman–Crippen MR) is 61.4 cm³/mol. The fraction of sp³-hybridized carbons (Fsp3) is 1.00. The summed E-state index contributed by atoms with van der Waals surface area (Å²) in [7, 11) is 0. The first-order chi connectivity index (χ1) is 7.06. The molecular formula is C12H24N2O. The third-order valence-electron chi connectivity index (χ3n) is 3.80. The molecule has 1 aliphatic heterocycles. The largest absolute Gasteiger partial charge is 0.361 e. The van der Waals surface area contributed by atoms with Crippen molar-refractivity contribution in [2.45, 2.75) is 52.0 Å². The zero-order valence-corrected chi connectivity index (χ0v) is 10.1. The van der Waals surface area contributed by atoms with Crippen LogP contribution in [0.2, 0.25) is 0 Å². The highest BCUT2D eigenvalue weighted by molar-refractivity contribution is 4.94. The molecular weight excluding hydrogens is 188 g/mol. The minimum absolute atomic E-state index is 0.270. The van der Waals surface area contributed by atoms with Crippen molar-refractivity contribution in [3.63, 3.8) is 0 Å². The third-order valence-corrected chi connectivity index (χ3v) is 3.80. The van der Waals surface area contributed by atoms with Gasteiger partial charge in [0, 0.05) is 19.1 Å². The number of fused-ring (bicyclic) bond motifs is 1. The number of hydrogen-bond acceptors (Lipinski definition) is 3. The Kier molecular flexibility index (Phi) is 3.33. The second-order valence-corrected chi connectivity index (χ2v) is 5.49. The van der Waals surface area contributed by atoms with E-state index in [-0.39, 0.29) is 6.23 Å². The van der Waals surface area contributed by atoms with E-state index in [1.165, 1.54) is 25.9 Å². The van der Waals surface area contributed by atoms with Gasteiger partial charge in [-0.05, 0) is 45.4 Å². The summed E-state index contributed by atoms with van der Waals surface area (Å²) in [4.78, 5) is 2.47. The van der Waals surface area contributed by atoms with Crippen LogP contribution in [0.4, 0.5) is 0 Å². The Bertz CT molecular complexity index is 206. The summed E-state index contributed by atoms with van der Waals surface area (Å²) in [5.74, 6) is 1.66. The normalized spacial score (nSPS) is 38.6. The summed E-state index contributed by atoms with van der Waals surface area (Å²) in [6.07, 6.45) is 3.03. The van der Waals surface area contributed by atoms with Crippen molar-refractivity contribution in [2.75, 3.05) is 13.1 Å². The van der Waals surface area contributed by atoms with E-state index in [0.29, 0.717) is 12.1 Å². The van der Waals surface area contributed by atoms with Crippen LogP contribution in [0, 0.1) is 11.8 Å². The van der Waals surface area contributed by atoms with Crippen molar-refractivity contribution in [1.82, 2.24) is 4.90 Å². The maximum atomic E-state index is 5.98. The molecule has 0 spiro atoms. The zero-order valence-electron chi connectivity index (χ0n) is 10.1. The standard InChI is InChI=1S/C12H24N2O/c1-8(2)15-9(3)14-6-10-4-12(13)5-11(10)7-14/h8-12H,4-7,13H2,1-3H3/t9?,10-,11+,12+. The molecule has 0 aromatic heterocycles. The van der Waals surface area contributed by atoms with E-state index >= 15 is 0 Å². The highest BCUT2D eigenvalue weighted by atomic mass is 16.5. The average Bonchev–Trinajstić information content (AvgIpc) is 2.58. The van der Waals surface area contributed by atoms with E-state index in [2.05, 4.69) is 25.7 Å². The molecule has 0 aromatic rings. The third kappa shape index (κ3) is 2.52. The molecule has 2 N–H and O–H groups in total. The lowest BCUT2D eigenvalue weighted by Crippen LogP contribution is -2.36. The van der Waals surface area contributed by atoms with Gasteiger partial charge in [0.1, 0.15) is 6.23 Å². The number of nitrogens with two attached hydrogens (primary N) is 1. The first-order valence-electron chi connectivity index (χ1n) is 6.21. The van der Waals surface area contributed by atoms with Gasteiger partial charge >= 0.3 is 0 Å². The van der Waals surface area contributed by atoms with Gasteiger partial charge in [0.15, 0.2) is 0 Å². The predicted octanol–water partition coefficient (Wildman–Crippen LogP) is 1.43. The number of likely N-dealkylation sites (tertiary alicyclic amines) is 1. The fourth-order valence-corrected chi connectivity index (χ4v) is 3.16. The van der Waals surface area contributed by atoms with Gasteiger partial charge < -0.3 is 10.5 Å². The number of ether oxygens (including phenoxy) is 1. The van der Waals surface area contributed by atoms with Gasteiger partial charge in [0.05, 0.1) is 6.10 Å². The number of rotatable bonds is 3. The van der Waals surface area contributed by atoms with Crippen molar-refractivity contribution >= 4 is 0 Å². The van der Waals surface area contributed by atoms with Crippen LogP contribution in [0.5, 0.6) is 0 Å². The molecule has 2 rings (SSSR count). The SMILES string of the molecule is CC(C)OC(C)N1C[C@H]2C[C@H](N)C[C@H]2C1. The molecule has 0 bridgehead atoms. The van der Waals surface area contributed by atoms with Crippen LogP contribution in [0.25, 0.3) is 0 Å². The molecule has 1 saturated carbocycles. The molecule has 2 aliphatic rings. The lowest BCUT2D eigenvalue weighted by molar-refractivity contribution is -0.0703. The van der Waals surface area contributed by atoms with Gasteiger partial charge in [0.2, 0.25) is 0 Å². The average molecular weight is 212 g/mol. The van der Waals surface area contributed by atoms with Crippen LogP contribution in [-0.2, 0) is 4.74 Å². The number of hydrogen-bond donors (Lipinski definition) is 1. The van der Waals surface area contributed by atoms with Crippen molar-refractivity contribution in [2.24, 2.45) is 17.6 Å². The van der Waals surface area contributed by atoms with E-state index < -0.39 is 0 Å². The van der Waals surface area contributed by atoms with Crippen LogP contribution >= 0.6 is 0 Å². The Morgan fingerprint density at radius 1 is 1.13 bits per heavy atom. The van der Waals surface area contributed by atoms with Crippen LogP contribution in [0.1, 0.15) is 33.6 Å². The zero-order chi connectivity index (χ0) is 11.0. The first-order valence-corrected chi connectivity index (χ1v) is 6.21. The van der Waals surface area contributed by atoms with Gasteiger partial charge in [-0.1, -0.05) is 0 Å². The summed E-state index contributed by atoms with van der Waals surface area (Å²) in [6, 6.07) is 0.462. The summed E-state index contributed by atoms with van der Waals surface area (Å²) < 4.78 is 5.82. The van der Waals surface area contributed by atoms with Gasteiger partial charge in [-0.3, -0.25) is 4.90 Å². The van der Waals surface area contributed by atoms with Crippen molar-refractivity contribution in [1.29, 1.82) is 0 Å². The van der Waals surface area contributed by atoms with Crippen molar-refractivity contribution in [3.05, 3.63) is 0 Å². The molecule has 1 aliphatic carbocycles. The molecule has 1 saturated heterocycles.